The van der Waals surface area contributed by atoms with E-state index in [-0.39, 0.29) is 10.5 Å². The number of hydrogen-bond donors (Lipinski definition) is 0. The van der Waals surface area contributed by atoms with Gasteiger partial charge in [0.1, 0.15) is 0 Å². The molecular weight excluding hydrogens is 481 g/mol. The molecule has 3 atom stereocenters. The third-order valence-corrected chi connectivity index (χ3v) is 7.98. The van der Waals surface area contributed by atoms with Gasteiger partial charge in [-0.3, -0.25) is 0 Å². The van der Waals surface area contributed by atoms with E-state index >= 15 is 0 Å². The summed E-state index contributed by atoms with van der Waals surface area (Å²) in [4.78, 5) is 13.0. The molecule has 0 radical (unpaired) electrons. The van der Waals surface area contributed by atoms with Crippen LogP contribution >= 0.6 is 23.2 Å². The smallest absolute Gasteiger partial charge is 0.335 e. The maximum absolute atomic E-state index is 13.6. The Morgan fingerprint density at radius 2 is 1.61 bits per heavy atom. The van der Waals surface area contributed by atoms with E-state index in [2.05, 4.69) is 0 Å². The zero-order valence-electron chi connectivity index (χ0n) is 17.9. The molecule has 33 heavy (non-hydrogen) atoms. The quantitative estimate of drug-likeness (QED) is 0.248. The number of halogens is 2. The maximum Gasteiger partial charge on any atom is 0.335 e. The fourth-order valence-electron chi connectivity index (χ4n) is 3.79. The zero-order chi connectivity index (χ0) is 23.8. The Hall–Kier alpha value is -2.64. The molecule has 170 valence electrons. The van der Waals surface area contributed by atoms with Crippen LogP contribution in [0.25, 0.3) is 6.08 Å². The highest BCUT2D eigenvalue weighted by Crippen LogP contribution is 2.53. The summed E-state index contributed by atoms with van der Waals surface area (Å²) in [6.07, 6.45) is 1.63. The Labute approximate surface area is 203 Å². The van der Waals surface area contributed by atoms with Gasteiger partial charge in [-0.15, -0.1) is 0 Å². The monoisotopic (exact) mass is 501 g/mol. The normalized spacial score (nSPS) is 20.4. The number of carbonyl (C=O) groups excluding carboxylic acids is 1. The highest BCUT2D eigenvalue weighted by atomic mass is 35.5. The van der Waals surface area contributed by atoms with Crippen LogP contribution in [0.4, 0.5) is 0 Å². The Morgan fingerprint density at radius 1 is 0.970 bits per heavy atom. The molecule has 0 amide bonds. The fraction of sp³-hybridized carbons (Fsp3) is 0.160. The van der Waals surface area contributed by atoms with Crippen LogP contribution < -0.4 is 0 Å². The average molecular weight is 502 g/mol. The number of ether oxygens (including phenoxy) is 1. The Balaban J connectivity index is 1.84. The van der Waals surface area contributed by atoms with E-state index in [0.29, 0.717) is 21.2 Å². The van der Waals surface area contributed by atoms with Crippen molar-refractivity contribution in [1.82, 2.24) is 4.31 Å². The van der Waals surface area contributed by atoms with E-state index in [4.69, 9.17) is 27.9 Å². The summed E-state index contributed by atoms with van der Waals surface area (Å²) in [6, 6.07) is 19.1. The Morgan fingerprint density at radius 3 is 2.21 bits per heavy atom. The molecule has 3 aromatic rings. The lowest BCUT2D eigenvalue weighted by Crippen LogP contribution is -2.19. The van der Waals surface area contributed by atoms with Crippen molar-refractivity contribution < 1.29 is 17.9 Å². The topological polar surface area (TPSA) is 63.5 Å². The molecule has 1 unspecified atom stereocenters. The second kappa shape index (κ2) is 9.31. The molecule has 4 rings (SSSR count). The summed E-state index contributed by atoms with van der Waals surface area (Å²) in [5.41, 5.74) is 2.46. The van der Waals surface area contributed by atoms with Crippen LogP contribution in [0.2, 0.25) is 10.0 Å². The standard InChI is InChI=1S/C25H21Cl2NO4S/c1-16-7-13-19(14-8-16)33(30,31)28-23(20-5-3-4-6-22(20)27)24(28)21(25(29)32-2)15-17-9-11-18(26)12-10-17/h3-15,23-24H,1-2H3/b21-15+/t23-,24+,28?/m1/s1. The maximum atomic E-state index is 13.6. The van der Waals surface area contributed by atoms with Crippen molar-refractivity contribution in [2.45, 2.75) is 23.9 Å². The number of hydrogen-bond acceptors (Lipinski definition) is 4. The average Bonchev–Trinajstić information content (AvgIpc) is 3.55. The van der Waals surface area contributed by atoms with Gasteiger partial charge >= 0.3 is 5.97 Å². The molecule has 0 aromatic heterocycles. The molecule has 0 bridgehead atoms. The first kappa shape index (κ1) is 23.5. The molecule has 1 fully saturated rings. The molecule has 0 aliphatic carbocycles. The molecular formula is C25H21Cl2NO4S. The molecule has 1 aliphatic heterocycles. The molecule has 0 N–H and O–H groups in total. The van der Waals surface area contributed by atoms with Crippen LogP contribution in [-0.2, 0) is 19.6 Å². The first-order valence-corrected chi connectivity index (χ1v) is 12.3. The Bertz CT molecular complexity index is 1320. The number of sulfonamides is 1. The molecule has 1 saturated heterocycles. The minimum atomic E-state index is -3.93. The van der Waals surface area contributed by atoms with Gasteiger partial charge in [0.2, 0.25) is 10.0 Å². The van der Waals surface area contributed by atoms with Crippen molar-refractivity contribution in [3.05, 3.63) is 105 Å². The summed E-state index contributed by atoms with van der Waals surface area (Å²) in [5.74, 6) is -0.617. The minimum absolute atomic E-state index is 0.142. The summed E-state index contributed by atoms with van der Waals surface area (Å²) < 4.78 is 33.5. The fourth-order valence-corrected chi connectivity index (χ4v) is 5.89. The van der Waals surface area contributed by atoms with E-state index < -0.39 is 28.1 Å². The molecule has 1 aliphatic rings. The number of carbonyl (C=O) groups is 1. The van der Waals surface area contributed by atoms with E-state index in [0.717, 1.165) is 5.56 Å². The number of benzene rings is 3. The van der Waals surface area contributed by atoms with Gasteiger partial charge in [-0.1, -0.05) is 71.2 Å². The summed E-state index contributed by atoms with van der Waals surface area (Å²) >= 11 is 12.4. The van der Waals surface area contributed by atoms with Crippen LogP contribution in [0.3, 0.4) is 0 Å². The lowest BCUT2D eigenvalue weighted by atomic mass is 10.0. The molecule has 0 spiro atoms. The first-order valence-electron chi connectivity index (χ1n) is 10.1. The molecule has 8 heteroatoms. The summed E-state index contributed by atoms with van der Waals surface area (Å²) in [6.45, 7) is 1.88. The summed E-state index contributed by atoms with van der Waals surface area (Å²) in [7, 11) is -2.66. The van der Waals surface area contributed by atoms with Gasteiger partial charge < -0.3 is 4.74 Å². The van der Waals surface area contributed by atoms with Crippen molar-refractivity contribution in [1.29, 1.82) is 0 Å². The largest absolute Gasteiger partial charge is 0.466 e. The van der Waals surface area contributed by atoms with Gasteiger partial charge in [0.25, 0.3) is 0 Å². The number of methoxy groups -OCH3 is 1. The number of esters is 1. The molecule has 0 saturated carbocycles. The van der Waals surface area contributed by atoms with Crippen LogP contribution in [-0.4, -0.2) is 31.8 Å². The van der Waals surface area contributed by atoms with E-state index in [1.807, 2.05) is 6.92 Å². The molecule has 5 nitrogen and oxygen atoms in total. The van der Waals surface area contributed by atoms with Crippen LogP contribution in [0.1, 0.15) is 22.7 Å². The highest BCUT2D eigenvalue weighted by Gasteiger charge is 2.60. The highest BCUT2D eigenvalue weighted by molar-refractivity contribution is 7.89. The van der Waals surface area contributed by atoms with Gasteiger partial charge in [0.05, 0.1) is 29.7 Å². The number of aryl methyl sites for hydroxylation is 1. The third-order valence-electron chi connectivity index (χ3n) is 5.51. The SMILES string of the molecule is COC(=O)/C(=C/c1ccc(Cl)cc1)[C@H]1[C@@H](c2ccccc2Cl)N1S(=O)(=O)c1ccc(C)cc1. The number of nitrogens with zero attached hydrogens (tertiary/aromatic N) is 1. The van der Waals surface area contributed by atoms with Crippen molar-refractivity contribution in [3.63, 3.8) is 0 Å². The molecule has 1 heterocycles. The second-order valence-corrected chi connectivity index (χ2v) is 10.4. The minimum Gasteiger partial charge on any atom is -0.466 e. The van der Waals surface area contributed by atoms with E-state index in [1.54, 1.807) is 78.9 Å². The Kier molecular flexibility index (Phi) is 6.64. The van der Waals surface area contributed by atoms with Crippen molar-refractivity contribution in [2.24, 2.45) is 0 Å². The third kappa shape index (κ3) is 4.70. The van der Waals surface area contributed by atoms with Gasteiger partial charge in [0.15, 0.2) is 0 Å². The lowest BCUT2D eigenvalue weighted by Gasteiger charge is -2.09. The first-order chi connectivity index (χ1) is 15.7. The van der Waals surface area contributed by atoms with Crippen LogP contribution in [0.15, 0.2) is 83.3 Å². The predicted molar refractivity (Wildman–Crippen MR) is 130 cm³/mol. The van der Waals surface area contributed by atoms with E-state index in [1.165, 1.54) is 11.4 Å². The number of rotatable bonds is 6. The predicted octanol–water partition coefficient (Wildman–Crippen LogP) is 5.67. The lowest BCUT2D eigenvalue weighted by molar-refractivity contribution is -0.136. The van der Waals surface area contributed by atoms with Gasteiger partial charge in [-0.05, 0) is 54.5 Å². The van der Waals surface area contributed by atoms with E-state index in [9.17, 15) is 13.2 Å². The zero-order valence-corrected chi connectivity index (χ0v) is 20.2. The second-order valence-electron chi connectivity index (χ2n) is 7.70. The van der Waals surface area contributed by atoms with Crippen LogP contribution in [0, 0.1) is 6.92 Å². The van der Waals surface area contributed by atoms with Crippen molar-refractivity contribution in [2.75, 3.05) is 7.11 Å². The van der Waals surface area contributed by atoms with Gasteiger partial charge in [-0.25, -0.2) is 13.2 Å². The van der Waals surface area contributed by atoms with Crippen molar-refractivity contribution >= 4 is 45.3 Å². The van der Waals surface area contributed by atoms with Crippen LogP contribution in [0.5, 0.6) is 0 Å². The van der Waals surface area contributed by atoms with Gasteiger partial charge in [-0.2, -0.15) is 4.31 Å². The molecule has 3 aromatic carbocycles. The van der Waals surface area contributed by atoms with Gasteiger partial charge in [0, 0.05) is 10.0 Å². The summed E-state index contributed by atoms with van der Waals surface area (Å²) in [5, 5.41) is 0.973. The van der Waals surface area contributed by atoms with Crippen molar-refractivity contribution in [3.8, 4) is 0 Å².